The highest BCUT2D eigenvalue weighted by Crippen LogP contribution is 2.40. The van der Waals surface area contributed by atoms with Crippen molar-refractivity contribution in [2.45, 2.75) is 207 Å². The molecule has 4 aliphatic rings. The lowest BCUT2D eigenvalue weighted by atomic mass is 9.84. The summed E-state index contributed by atoms with van der Waals surface area (Å²) in [5.74, 6) is 1.57. The number of nitrogens with two attached hydrogens (primary N) is 1. The van der Waals surface area contributed by atoms with Crippen LogP contribution in [0.1, 0.15) is 307 Å². The van der Waals surface area contributed by atoms with Crippen molar-refractivity contribution in [3.63, 3.8) is 0 Å². The predicted octanol–water partition coefficient (Wildman–Crippen LogP) is 29.0. The number of esters is 2. The second-order valence-electron chi connectivity index (χ2n) is 35.5. The zero-order valence-electron chi connectivity index (χ0n) is 79.2. The van der Waals surface area contributed by atoms with Gasteiger partial charge in [0.1, 0.15) is 69.0 Å². The topological polar surface area (TPSA) is 307 Å². The second kappa shape index (κ2) is 55.0. The molecule has 0 bridgehead atoms. The molecular formula is C120H130ClN3O17. The number of benzene rings is 13. The van der Waals surface area contributed by atoms with Gasteiger partial charge in [-0.25, -0.2) is 14.4 Å². The lowest BCUT2D eigenvalue weighted by molar-refractivity contribution is 0.0588. The Morgan fingerprint density at radius 1 is 0.362 bits per heavy atom. The Labute approximate surface area is 833 Å². The number of hydrogen-bond acceptors (Lipinski definition) is 17. The van der Waals surface area contributed by atoms with E-state index in [4.69, 9.17) is 26.8 Å². The van der Waals surface area contributed by atoms with E-state index < -0.39 is 28.9 Å². The molecule has 0 saturated heterocycles. The predicted molar refractivity (Wildman–Crippen MR) is 560 cm³/mol. The van der Waals surface area contributed by atoms with Gasteiger partial charge in [-0.1, -0.05) is 249 Å². The first-order valence-electron chi connectivity index (χ1n) is 47.7. The number of phenols is 4. The normalized spacial score (nSPS) is 13.4. The molecule has 0 radical (unpaired) electrons. The molecule has 21 heteroatoms. The number of carboxylic acids is 1. The Morgan fingerprint density at radius 3 is 1.02 bits per heavy atom. The molecule has 2 amide bonds. The van der Waals surface area contributed by atoms with Gasteiger partial charge in [0.2, 0.25) is 0 Å². The number of rotatable bonds is 25. The maximum Gasteiger partial charge on any atom is 0.341 e. The molecule has 0 unspecified atom stereocenters. The van der Waals surface area contributed by atoms with Gasteiger partial charge < -0.3 is 60.0 Å². The van der Waals surface area contributed by atoms with Crippen LogP contribution in [0.25, 0.3) is 0 Å². The summed E-state index contributed by atoms with van der Waals surface area (Å²) in [6.45, 7) is 3.95. The molecule has 13 aromatic carbocycles. The molecule has 734 valence electrons. The fraction of sp³-hybridized carbons (Fsp3) is 0.283. The fourth-order valence-electron chi connectivity index (χ4n) is 17.8. The van der Waals surface area contributed by atoms with Crippen molar-refractivity contribution in [2.24, 2.45) is 0 Å². The molecule has 17 rings (SSSR count). The number of carboxylic acid groups (broad SMARTS) is 1. The largest absolute Gasteiger partial charge is 0.507 e. The number of phenolic OH excluding ortho intramolecular Hbond substituents is 3. The van der Waals surface area contributed by atoms with E-state index >= 15 is 0 Å². The van der Waals surface area contributed by atoms with E-state index in [0.717, 1.165) is 64.5 Å². The number of ether oxygens (including phenoxy) is 4. The number of para-hydroxylation sites is 2. The summed E-state index contributed by atoms with van der Waals surface area (Å²) < 4.78 is 20.8. The van der Waals surface area contributed by atoms with Crippen LogP contribution in [0.4, 0.5) is 17.1 Å². The van der Waals surface area contributed by atoms with E-state index in [0.29, 0.717) is 69.4 Å². The Balaban J connectivity index is 0.000000186. The molecule has 4 saturated carbocycles. The monoisotopic (exact) mass is 1920 g/mol. The second-order valence-corrected chi connectivity index (χ2v) is 35.9. The van der Waals surface area contributed by atoms with E-state index in [1.807, 2.05) is 110 Å². The van der Waals surface area contributed by atoms with Gasteiger partial charge in [-0.2, -0.15) is 0 Å². The van der Waals surface area contributed by atoms with Gasteiger partial charge in [0.15, 0.2) is 5.78 Å². The number of nitrogen functional groups attached to an aromatic ring is 1. The van der Waals surface area contributed by atoms with E-state index in [2.05, 4.69) is 82.3 Å². The molecule has 20 nitrogen and oxygen atoms in total. The highest BCUT2D eigenvalue weighted by Gasteiger charge is 2.27. The number of carbonyl (C=O) groups is 8. The third-order valence-corrected chi connectivity index (χ3v) is 25.9. The highest BCUT2D eigenvalue weighted by atomic mass is 35.5. The maximum absolute atomic E-state index is 13.8. The number of Topliss-reactive ketones (excluding diaryl/α,β-unsaturated/α-hetero) is 1. The van der Waals surface area contributed by atoms with E-state index in [9.17, 15) is 63.9 Å². The van der Waals surface area contributed by atoms with Crippen LogP contribution >= 0.6 is 11.6 Å². The third kappa shape index (κ3) is 32.3. The number of aromatic carboxylic acids is 1. The van der Waals surface area contributed by atoms with Crippen molar-refractivity contribution in [1.82, 2.24) is 0 Å². The van der Waals surface area contributed by atoms with Crippen molar-refractivity contribution >= 4 is 75.7 Å². The van der Waals surface area contributed by atoms with Crippen LogP contribution in [0.3, 0.4) is 0 Å². The van der Waals surface area contributed by atoms with E-state index in [1.165, 1.54) is 214 Å². The van der Waals surface area contributed by atoms with Crippen LogP contribution in [-0.2, 0) is 35.4 Å². The average molecular weight is 1920 g/mol. The number of amides is 2. The van der Waals surface area contributed by atoms with Crippen LogP contribution in [0.2, 0.25) is 0 Å². The summed E-state index contributed by atoms with van der Waals surface area (Å²) in [6, 6.07) is 92.3. The molecule has 0 aromatic heterocycles. The number of halogens is 1. The van der Waals surface area contributed by atoms with Crippen LogP contribution < -0.4 is 25.0 Å². The zero-order chi connectivity index (χ0) is 98.5. The number of hydrogen-bond donors (Lipinski definition) is 6. The van der Waals surface area contributed by atoms with E-state index in [1.54, 1.807) is 101 Å². The summed E-state index contributed by atoms with van der Waals surface area (Å²) >= 11 is 5.22. The Kier molecular flexibility index (Phi) is 42.2. The summed E-state index contributed by atoms with van der Waals surface area (Å²) in [5.41, 5.74) is 20.2. The first kappa shape index (κ1) is 108. The van der Waals surface area contributed by atoms with Crippen molar-refractivity contribution in [3.05, 3.63) is 398 Å². The molecule has 0 heterocycles. The van der Waals surface area contributed by atoms with Gasteiger partial charge in [0, 0.05) is 57.5 Å². The number of carbonyl (C=O) groups excluding carboxylic acids is 7. The van der Waals surface area contributed by atoms with Gasteiger partial charge >= 0.3 is 17.9 Å². The highest BCUT2D eigenvalue weighted by molar-refractivity contribution is 6.67. The minimum atomic E-state index is -1.23. The summed E-state index contributed by atoms with van der Waals surface area (Å²) in [5, 5.41) is 49.0. The summed E-state index contributed by atoms with van der Waals surface area (Å²) in [6.07, 6.45) is 28.8. The van der Waals surface area contributed by atoms with Gasteiger partial charge in [-0.3, -0.25) is 24.0 Å². The van der Waals surface area contributed by atoms with Crippen molar-refractivity contribution in [2.75, 3.05) is 29.8 Å². The SMILES string of the molecule is C.C.CC(=O)c1ccc(N(Cc2ccc(C3CCCCC3)cc2)C(=O)c2ccc(Oc3ccccc3)cc2)cc1O.COC(=O)c1ccc(CCc2ccc(C3CCCCC3)cc2)cc1O.COC(=O)c1ccc(N)cc1O.Cc1ccc(C(=O)Cl)cc1.O=C(O)c1ccc(N(Cc2ccc(C3CCCCC3)cc2)C(=O)c2ccc(Oc3ccccc3)cc2)cc1O.O=Cc1ccc(C2CCCCC2)cc1. The van der Waals surface area contributed by atoms with Crippen LogP contribution in [0.15, 0.2) is 303 Å². The van der Waals surface area contributed by atoms with Gasteiger partial charge in [-0.05, 0) is 291 Å². The molecule has 0 spiro atoms. The Bertz CT molecular complexity index is 5970. The number of ketones is 1. The van der Waals surface area contributed by atoms with Crippen LogP contribution in [0, 0.1) is 6.92 Å². The molecule has 7 N–H and O–H groups in total. The number of nitrogens with zero attached hydrogens (tertiary/aromatic N) is 2. The van der Waals surface area contributed by atoms with Crippen molar-refractivity contribution in [1.29, 1.82) is 0 Å². The van der Waals surface area contributed by atoms with Crippen LogP contribution in [0.5, 0.6) is 46.0 Å². The molecule has 4 aliphatic carbocycles. The minimum absolute atomic E-state index is 0. The first-order chi connectivity index (χ1) is 67.4. The molecule has 4 fully saturated rings. The van der Waals surface area contributed by atoms with Gasteiger partial charge in [0.05, 0.1) is 32.9 Å². The Hall–Kier alpha value is -14.9. The molecule has 0 aliphatic heterocycles. The van der Waals surface area contributed by atoms with Gasteiger partial charge in [0.25, 0.3) is 17.1 Å². The van der Waals surface area contributed by atoms with Crippen LogP contribution in [-0.4, -0.2) is 86.8 Å². The lowest BCUT2D eigenvalue weighted by Crippen LogP contribution is -2.30. The minimum Gasteiger partial charge on any atom is -0.507 e. The smallest absolute Gasteiger partial charge is 0.341 e. The number of aromatic hydroxyl groups is 4. The van der Waals surface area contributed by atoms with Gasteiger partial charge in [-0.15, -0.1) is 0 Å². The molecular weight excluding hydrogens is 1790 g/mol. The van der Waals surface area contributed by atoms with Crippen molar-refractivity contribution in [3.8, 4) is 46.0 Å². The number of anilines is 3. The summed E-state index contributed by atoms with van der Waals surface area (Å²) in [4.78, 5) is 97.5. The molecule has 141 heavy (non-hydrogen) atoms. The number of methoxy groups -OCH3 is 2. The maximum atomic E-state index is 13.8. The molecule has 13 aromatic rings. The molecule has 0 atom stereocenters. The number of aryl methyl sites for hydroxylation is 3. The first-order valence-corrected chi connectivity index (χ1v) is 48.1. The third-order valence-electron chi connectivity index (χ3n) is 25.7. The number of aldehydes is 1. The Morgan fingerprint density at radius 2 is 0.681 bits per heavy atom. The van der Waals surface area contributed by atoms with E-state index in [-0.39, 0.29) is 78.5 Å². The standard InChI is InChI=1S/C34H33NO4.C33H31NO5.C22H26O3.C13H16O.C8H7ClO.C8H9NO3.2CH4/c1-24(36)32-21-18-29(22-33(32)37)35(23-25-12-14-27(15-13-25)26-8-4-2-5-9-26)34(38)28-16-19-31(20-17-28)39-30-10-6-3-7-11-30;35-31-21-27(17-20-30(31)33(37)38)34(22-23-11-13-25(14-12-23)24-7-3-1-4-8-24)32(36)26-15-18-29(19-16-26)39-28-9-5-2-6-10-28;1-25-22(24)20-14-11-17(15-21(20)23)8-7-16-9-12-19(13-10-16)18-5-3-2-4-6-18;14-10-11-6-8-13(9-7-11)12-4-2-1-3-5-12;1-6-2-4-7(5-3-6)8(9)10;1-12-8(11)6-3-2-5(9)4-7(6)10;;/h3,6-7,10-22,26,37H,2,4-5,8-9,23H2,1H3;2,5-6,9-21,24,35H,1,3-4,7-8,22H2,(H,37,38);9-15,18,23H,2-8H2,1H3;6-10,12H,1-5H2;2-5H,1H3;2-4,10H,9H2,1H3;2*1H4. The van der Waals surface area contributed by atoms with Crippen molar-refractivity contribution < 1.29 is 82.8 Å². The summed E-state index contributed by atoms with van der Waals surface area (Å²) in [7, 11) is 2.56. The fourth-order valence-corrected chi connectivity index (χ4v) is 18.0. The average Bonchev–Trinajstić information content (AvgIpc) is 0.810. The quantitative estimate of drug-likeness (QED) is 0.0102. The lowest BCUT2D eigenvalue weighted by Gasteiger charge is -2.25. The zero-order valence-corrected chi connectivity index (χ0v) is 80.0.